The Labute approximate surface area is 50.1 Å². The predicted octanol–water partition coefficient (Wildman–Crippen LogP) is 0.487. The van der Waals surface area contributed by atoms with Crippen LogP contribution in [-0.4, -0.2) is 12.7 Å². The first kappa shape index (κ1) is 7.42. The van der Waals surface area contributed by atoms with Crippen molar-refractivity contribution in [1.82, 2.24) is 0 Å². The van der Waals surface area contributed by atoms with E-state index in [0.717, 1.165) is 0 Å². The topological polar surface area (TPSA) is 55.7 Å². The summed E-state index contributed by atoms with van der Waals surface area (Å²) in [6.07, 6.45) is -0.788. The van der Waals surface area contributed by atoms with Gasteiger partial charge in [-0.25, -0.2) is 4.79 Å². The van der Waals surface area contributed by atoms with Crippen LogP contribution < -0.4 is 0 Å². The minimum absolute atomic E-state index is 0.262. The Morgan fingerprint density at radius 1 is 1.88 bits per heavy atom. The second-order valence-corrected chi connectivity index (χ2v) is 1.24. The molecule has 0 aliphatic carbocycles. The largest absolute Gasteiger partial charge is 0.450 e. The fourth-order valence-corrected chi connectivity index (χ4v) is 0.310. The van der Waals surface area contributed by atoms with Crippen LogP contribution in [0, 0.1) is 0 Å². The van der Waals surface area contributed by atoms with Gasteiger partial charge in [0.15, 0.2) is 0 Å². The van der Waals surface area contributed by atoms with Gasteiger partial charge in [0.25, 0.3) is 0 Å². The molecule has 0 N–H and O–H groups in total. The van der Waals surface area contributed by atoms with Crippen LogP contribution in [-0.2, 0) is 20.4 Å². The van der Waals surface area contributed by atoms with Crippen LogP contribution in [0.3, 0.4) is 0 Å². The first-order chi connectivity index (χ1) is 3.81. The first-order valence-electron chi connectivity index (χ1n) is 2.01. The zero-order valence-electron chi connectivity index (χ0n) is 4.33. The van der Waals surface area contributed by atoms with E-state index in [4.69, 9.17) is 0 Å². The third-order valence-electron chi connectivity index (χ3n) is 0.390. The van der Waals surface area contributed by atoms with Crippen molar-refractivity contribution in [3.05, 3.63) is 0 Å². The first-order valence-corrected chi connectivity index (χ1v) is 2.78. The molecule has 0 rings (SSSR count). The summed E-state index contributed by atoms with van der Waals surface area (Å²) < 4.78 is 16.7. The molecule has 0 aromatic heterocycles. The molecule has 0 unspecified atom stereocenters. The molecule has 0 aromatic rings. The Balaban J connectivity index is 3.49. The van der Waals surface area contributed by atoms with Crippen molar-refractivity contribution in [2.24, 2.45) is 4.36 Å². The lowest BCUT2D eigenvalue weighted by Crippen LogP contribution is -1.95. The quantitative estimate of drug-likeness (QED) is 0.389. The van der Waals surface area contributed by atoms with Crippen LogP contribution in [0.15, 0.2) is 4.36 Å². The summed E-state index contributed by atoms with van der Waals surface area (Å²) in [4.78, 5) is 10.0. The van der Waals surface area contributed by atoms with Gasteiger partial charge < -0.3 is 8.95 Å². The number of carbonyl (C=O) groups is 1. The van der Waals surface area contributed by atoms with Gasteiger partial charge in [-0.2, -0.15) is 11.5 Å². The lowest BCUT2D eigenvalue weighted by Gasteiger charge is -1.92. The van der Waals surface area contributed by atoms with Gasteiger partial charge in [0.05, 0.1) is 6.61 Å². The van der Waals surface area contributed by atoms with Crippen LogP contribution in [0.2, 0.25) is 0 Å². The smallest absolute Gasteiger partial charge is 0.409 e. The molecule has 0 bridgehead atoms. The van der Waals surface area contributed by atoms with Gasteiger partial charge in [0.2, 0.25) is 0 Å². The van der Waals surface area contributed by atoms with Gasteiger partial charge in [-0.15, -0.1) is 0 Å². The highest BCUT2D eigenvalue weighted by Crippen LogP contribution is 1.79. The summed E-state index contributed by atoms with van der Waals surface area (Å²) >= 11 is -0.551. The number of hydrogen-bond acceptors (Lipinski definition) is 4. The van der Waals surface area contributed by atoms with Crippen molar-refractivity contribution in [3.63, 3.8) is 0 Å². The fourth-order valence-electron chi connectivity index (χ4n) is 0.186. The van der Waals surface area contributed by atoms with E-state index in [1.54, 1.807) is 6.92 Å². The number of nitrogens with zero attached hydrogens (tertiary/aromatic N) is 1. The molecular weight excluding hydrogens is 130 g/mol. The zero-order valence-corrected chi connectivity index (χ0v) is 5.22. The molecule has 0 fully saturated rings. The predicted molar refractivity (Wildman–Crippen MR) is 28.9 cm³/mol. The standard InChI is InChI=1S/C3H6NO3S/c1-2-7-3(5)4-8-6/h8H,2H2,1H3/q-1. The van der Waals surface area contributed by atoms with E-state index >= 15 is 0 Å². The lowest BCUT2D eigenvalue weighted by molar-refractivity contribution is 0.164. The van der Waals surface area contributed by atoms with E-state index in [2.05, 4.69) is 9.10 Å². The fraction of sp³-hybridized carbons (Fsp3) is 0.667. The highest BCUT2D eigenvalue weighted by molar-refractivity contribution is 7.54. The highest BCUT2D eigenvalue weighted by Gasteiger charge is 1.86. The van der Waals surface area contributed by atoms with Crippen LogP contribution in [0.5, 0.6) is 0 Å². The lowest BCUT2D eigenvalue weighted by atomic mass is 10.9. The van der Waals surface area contributed by atoms with Gasteiger partial charge in [-0.1, -0.05) is 0 Å². The summed E-state index contributed by atoms with van der Waals surface area (Å²) in [5, 5.41) is 0. The maximum Gasteiger partial charge on any atom is 0.409 e. The van der Waals surface area contributed by atoms with Gasteiger partial charge in [0, 0.05) is 0 Å². The normalized spacial score (nSPS) is 8.12. The molecule has 0 atom stereocenters. The van der Waals surface area contributed by atoms with Gasteiger partial charge >= 0.3 is 6.09 Å². The van der Waals surface area contributed by atoms with Crippen LogP contribution in [0.4, 0.5) is 4.79 Å². The molecular formula is C3H6NO3S-. The van der Waals surface area contributed by atoms with E-state index in [0.29, 0.717) is 0 Å². The van der Waals surface area contributed by atoms with E-state index in [1.165, 1.54) is 0 Å². The molecule has 0 aliphatic rings. The molecule has 0 aromatic carbocycles. The van der Waals surface area contributed by atoms with Crippen molar-refractivity contribution in [1.29, 1.82) is 0 Å². The summed E-state index contributed by atoms with van der Waals surface area (Å²) in [6.45, 7) is 1.91. The average Bonchev–Trinajstić information content (AvgIpc) is 1.68. The molecule has 5 heteroatoms. The second kappa shape index (κ2) is 4.58. The Bertz CT molecular complexity index is 128. The van der Waals surface area contributed by atoms with Crippen LogP contribution >= 0.6 is 0 Å². The van der Waals surface area contributed by atoms with E-state index in [-0.39, 0.29) is 6.61 Å². The van der Waals surface area contributed by atoms with Gasteiger partial charge in [0.1, 0.15) is 0 Å². The van der Waals surface area contributed by atoms with Crippen molar-refractivity contribution < 1.29 is 13.7 Å². The zero-order chi connectivity index (χ0) is 6.41. The molecule has 0 saturated carbocycles. The number of ether oxygens (including phenoxy) is 1. The number of hydrogen-bond donors (Lipinski definition) is 0. The number of carbonyl (C=O) groups excluding carboxylic acids is 1. The Kier molecular flexibility index (Phi) is 4.24. The SMILES string of the molecule is CCOC(=O)N=[SH-]=O. The summed E-state index contributed by atoms with van der Waals surface area (Å²) in [5.41, 5.74) is 0. The summed E-state index contributed by atoms with van der Waals surface area (Å²) in [7, 11) is 0. The maximum atomic E-state index is 10.0. The van der Waals surface area contributed by atoms with Crippen LogP contribution in [0.1, 0.15) is 6.92 Å². The van der Waals surface area contributed by atoms with E-state index in [9.17, 15) is 9.00 Å². The average molecular weight is 136 g/mol. The van der Waals surface area contributed by atoms with Crippen molar-refractivity contribution >= 4 is 17.6 Å². The molecule has 8 heavy (non-hydrogen) atoms. The maximum absolute atomic E-state index is 10.0. The van der Waals surface area contributed by atoms with Crippen molar-refractivity contribution in [2.75, 3.05) is 6.61 Å². The molecule has 0 saturated heterocycles. The summed E-state index contributed by atoms with van der Waals surface area (Å²) in [5.74, 6) is 0. The minimum Gasteiger partial charge on any atom is -0.450 e. The Morgan fingerprint density at radius 2 is 2.50 bits per heavy atom. The van der Waals surface area contributed by atoms with E-state index in [1.807, 2.05) is 0 Å². The van der Waals surface area contributed by atoms with E-state index < -0.39 is 17.6 Å². The van der Waals surface area contributed by atoms with Crippen molar-refractivity contribution in [3.8, 4) is 0 Å². The third kappa shape index (κ3) is 3.60. The Morgan fingerprint density at radius 3 is 2.88 bits per heavy atom. The van der Waals surface area contributed by atoms with Gasteiger partial charge in [-0.05, 0) is 6.92 Å². The Hall–Kier alpha value is -0.580. The van der Waals surface area contributed by atoms with Gasteiger partial charge in [-0.3, -0.25) is 4.36 Å². The minimum atomic E-state index is -0.788. The molecule has 4 nitrogen and oxygen atoms in total. The molecule has 0 radical (unpaired) electrons. The second-order valence-electron chi connectivity index (χ2n) is 0.881. The number of amides is 1. The monoisotopic (exact) mass is 136 g/mol. The third-order valence-corrected chi connectivity index (χ3v) is 0.635. The number of rotatable bonds is 1. The number of thiol groups is 1. The molecule has 0 spiro atoms. The highest BCUT2D eigenvalue weighted by atomic mass is 32.1. The molecule has 1 amide bonds. The van der Waals surface area contributed by atoms with Crippen LogP contribution in [0.25, 0.3) is 0 Å². The van der Waals surface area contributed by atoms with Crippen molar-refractivity contribution in [2.45, 2.75) is 6.92 Å². The molecule has 0 heterocycles. The summed E-state index contributed by atoms with van der Waals surface area (Å²) in [6, 6.07) is 0. The molecule has 0 aliphatic heterocycles. The molecule has 48 valence electrons.